The molecule has 1 fully saturated rings. The molecule has 0 aromatic carbocycles. The fourth-order valence-electron chi connectivity index (χ4n) is 1.36. The van der Waals surface area contributed by atoms with Gasteiger partial charge < -0.3 is 10.7 Å². The lowest BCUT2D eigenvalue weighted by molar-refractivity contribution is 0.683. The normalized spacial score (nSPS) is 16.8. The minimum atomic E-state index is -0.0256. The monoisotopic (exact) mass is 167 g/mol. The van der Waals surface area contributed by atoms with Crippen LogP contribution in [0.15, 0.2) is 11.0 Å². The van der Waals surface area contributed by atoms with Crippen molar-refractivity contribution in [2.45, 2.75) is 25.3 Å². The molecule has 1 aromatic heterocycles. The molecule has 2 rings (SSSR count). The molecule has 0 bridgehead atoms. The zero-order chi connectivity index (χ0) is 8.55. The summed E-state index contributed by atoms with van der Waals surface area (Å²) in [4.78, 5) is 14.1. The van der Waals surface area contributed by atoms with Gasteiger partial charge in [0.05, 0.1) is 0 Å². The molecule has 0 saturated heterocycles. The molecule has 12 heavy (non-hydrogen) atoms. The summed E-state index contributed by atoms with van der Waals surface area (Å²) in [6.45, 7) is 1.13. The number of imidazole rings is 1. The average Bonchev–Trinajstić information content (AvgIpc) is 2.80. The summed E-state index contributed by atoms with van der Waals surface area (Å²) in [5.41, 5.74) is 6.41. The van der Waals surface area contributed by atoms with Crippen LogP contribution in [-0.2, 0) is 6.54 Å². The van der Waals surface area contributed by atoms with Crippen LogP contribution in [0.3, 0.4) is 0 Å². The zero-order valence-electron chi connectivity index (χ0n) is 6.92. The van der Waals surface area contributed by atoms with Gasteiger partial charge in [0.1, 0.15) is 0 Å². The lowest BCUT2D eigenvalue weighted by atomic mass is 10.3. The number of hydrogen-bond acceptors (Lipinski definition) is 2. The molecule has 66 valence electrons. The van der Waals surface area contributed by atoms with Crippen molar-refractivity contribution in [3.05, 3.63) is 22.4 Å². The zero-order valence-corrected chi connectivity index (χ0v) is 6.92. The van der Waals surface area contributed by atoms with Crippen molar-refractivity contribution in [3.63, 3.8) is 0 Å². The Kier molecular flexibility index (Phi) is 1.77. The van der Waals surface area contributed by atoms with Gasteiger partial charge in [-0.1, -0.05) is 0 Å². The molecule has 0 amide bonds. The molecule has 1 aliphatic rings. The first kappa shape index (κ1) is 7.61. The Hall–Kier alpha value is -1.03. The topological polar surface area (TPSA) is 63.8 Å². The number of nitrogens with zero attached hydrogens (tertiary/aromatic N) is 1. The highest BCUT2D eigenvalue weighted by Crippen LogP contribution is 2.38. The van der Waals surface area contributed by atoms with Crippen molar-refractivity contribution in [1.29, 1.82) is 0 Å². The maximum absolute atomic E-state index is 11.2. The van der Waals surface area contributed by atoms with E-state index in [0.717, 1.165) is 5.69 Å². The SMILES string of the molecule is NCCn1cc(C2CC2)[nH]c1=O. The number of nitrogens with one attached hydrogen (secondary N) is 1. The lowest BCUT2D eigenvalue weighted by Crippen LogP contribution is -2.20. The number of H-pyrrole nitrogens is 1. The van der Waals surface area contributed by atoms with Gasteiger partial charge in [-0.05, 0) is 12.8 Å². The van der Waals surface area contributed by atoms with Crippen LogP contribution in [-0.4, -0.2) is 16.1 Å². The third-order valence-electron chi connectivity index (χ3n) is 2.19. The van der Waals surface area contributed by atoms with E-state index in [1.165, 1.54) is 12.8 Å². The quantitative estimate of drug-likeness (QED) is 0.666. The predicted molar refractivity (Wildman–Crippen MR) is 46.1 cm³/mol. The number of rotatable bonds is 3. The Labute approximate surface area is 70.4 Å². The van der Waals surface area contributed by atoms with Gasteiger partial charge in [0.25, 0.3) is 0 Å². The van der Waals surface area contributed by atoms with Crippen LogP contribution in [0.5, 0.6) is 0 Å². The molecule has 1 heterocycles. The smallest absolute Gasteiger partial charge is 0.325 e. The largest absolute Gasteiger partial charge is 0.329 e. The average molecular weight is 167 g/mol. The molecular formula is C8H13N3O. The highest BCUT2D eigenvalue weighted by Gasteiger charge is 2.25. The first-order chi connectivity index (χ1) is 5.81. The summed E-state index contributed by atoms with van der Waals surface area (Å²) in [6, 6.07) is 0. The summed E-state index contributed by atoms with van der Waals surface area (Å²) >= 11 is 0. The van der Waals surface area contributed by atoms with E-state index in [2.05, 4.69) is 4.98 Å². The second kappa shape index (κ2) is 2.79. The Balaban J connectivity index is 2.24. The summed E-state index contributed by atoms with van der Waals surface area (Å²) in [5.74, 6) is 0.608. The van der Waals surface area contributed by atoms with Gasteiger partial charge in [-0.2, -0.15) is 0 Å². The number of aromatic amines is 1. The standard InChI is InChI=1S/C8H13N3O/c9-3-4-11-5-7(6-1-2-6)10-8(11)12/h5-6H,1-4,9H2,(H,10,12). The van der Waals surface area contributed by atoms with Gasteiger partial charge in [-0.15, -0.1) is 0 Å². The maximum Gasteiger partial charge on any atom is 0.325 e. The molecule has 0 spiro atoms. The van der Waals surface area contributed by atoms with Crippen LogP contribution in [0.2, 0.25) is 0 Å². The Morgan fingerprint density at radius 2 is 2.42 bits per heavy atom. The van der Waals surface area contributed by atoms with E-state index in [1.54, 1.807) is 4.57 Å². The highest BCUT2D eigenvalue weighted by molar-refractivity contribution is 5.11. The van der Waals surface area contributed by atoms with Crippen molar-refractivity contribution < 1.29 is 0 Å². The van der Waals surface area contributed by atoms with Crippen molar-refractivity contribution >= 4 is 0 Å². The molecule has 0 aliphatic heterocycles. The summed E-state index contributed by atoms with van der Waals surface area (Å²) in [6.07, 6.45) is 4.32. The fraction of sp³-hybridized carbons (Fsp3) is 0.625. The third kappa shape index (κ3) is 1.30. The van der Waals surface area contributed by atoms with Crippen LogP contribution in [0.1, 0.15) is 24.5 Å². The highest BCUT2D eigenvalue weighted by atomic mass is 16.1. The summed E-state index contributed by atoms with van der Waals surface area (Å²) in [7, 11) is 0. The number of nitrogens with two attached hydrogens (primary N) is 1. The van der Waals surface area contributed by atoms with Crippen molar-refractivity contribution in [2.24, 2.45) is 5.73 Å². The van der Waals surface area contributed by atoms with Crippen molar-refractivity contribution in [3.8, 4) is 0 Å². The third-order valence-corrected chi connectivity index (χ3v) is 2.19. The van der Waals surface area contributed by atoms with Crippen molar-refractivity contribution in [1.82, 2.24) is 9.55 Å². The fourth-order valence-corrected chi connectivity index (χ4v) is 1.36. The van der Waals surface area contributed by atoms with Crippen LogP contribution in [0, 0.1) is 0 Å². The first-order valence-electron chi connectivity index (χ1n) is 4.30. The second-order valence-electron chi connectivity index (χ2n) is 3.27. The van der Waals surface area contributed by atoms with E-state index in [9.17, 15) is 4.79 Å². The van der Waals surface area contributed by atoms with E-state index in [-0.39, 0.29) is 5.69 Å². The van der Waals surface area contributed by atoms with Gasteiger partial charge in [0.2, 0.25) is 0 Å². The molecule has 0 atom stereocenters. The van der Waals surface area contributed by atoms with E-state index in [1.807, 2.05) is 6.20 Å². The van der Waals surface area contributed by atoms with E-state index in [0.29, 0.717) is 19.0 Å². The van der Waals surface area contributed by atoms with E-state index >= 15 is 0 Å². The predicted octanol–water partition coefficient (Wildman–Crippen LogP) is 0.0125. The first-order valence-corrected chi connectivity index (χ1v) is 4.30. The number of aromatic nitrogens is 2. The van der Waals surface area contributed by atoms with Gasteiger partial charge in [0.15, 0.2) is 0 Å². The van der Waals surface area contributed by atoms with Gasteiger partial charge in [-0.25, -0.2) is 4.79 Å². The van der Waals surface area contributed by atoms with Crippen LogP contribution in [0.25, 0.3) is 0 Å². The van der Waals surface area contributed by atoms with Gasteiger partial charge >= 0.3 is 5.69 Å². The van der Waals surface area contributed by atoms with Gasteiger partial charge in [0, 0.05) is 30.9 Å². The van der Waals surface area contributed by atoms with Crippen molar-refractivity contribution in [2.75, 3.05) is 6.54 Å². The molecular weight excluding hydrogens is 154 g/mol. The Morgan fingerprint density at radius 3 is 3.00 bits per heavy atom. The van der Waals surface area contributed by atoms with Crippen LogP contribution < -0.4 is 11.4 Å². The van der Waals surface area contributed by atoms with E-state index in [4.69, 9.17) is 5.73 Å². The van der Waals surface area contributed by atoms with E-state index < -0.39 is 0 Å². The summed E-state index contributed by atoms with van der Waals surface area (Å²) in [5, 5.41) is 0. The minimum absolute atomic E-state index is 0.0256. The molecule has 1 aromatic rings. The Morgan fingerprint density at radius 1 is 1.67 bits per heavy atom. The molecule has 1 aliphatic carbocycles. The molecule has 4 heteroatoms. The molecule has 0 radical (unpaired) electrons. The summed E-state index contributed by atoms with van der Waals surface area (Å²) < 4.78 is 1.65. The van der Waals surface area contributed by atoms with Gasteiger partial charge in [-0.3, -0.25) is 4.57 Å². The Bertz CT molecular complexity index is 321. The molecule has 4 nitrogen and oxygen atoms in total. The lowest BCUT2D eigenvalue weighted by Gasteiger charge is -1.93. The molecule has 0 unspecified atom stereocenters. The molecule has 3 N–H and O–H groups in total. The van der Waals surface area contributed by atoms with Crippen LogP contribution >= 0.6 is 0 Å². The maximum atomic E-state index is 11.2. The molecule has 1 saturated carbocycles. The number of hydrogen-bond donors (Lipinski definition) is 2. The van der Waals surface area contributed by atoms with Crippen LogP contribution in [0.4, 0.5) is 0 Å². The minimum Gasteiger partial charge on any atom is -0.329 e. The second-order valence-corrected chi connectivity index (χ2v) is 3.27.